The molecule has 0 N–H and O–H groups in total. The molecule has 1 aliphatic carbocycles. The number of carbonyl (C=O) groups is 2. The lowest BCUT2D eigenvalue weighted by atomic mass is 10.0. The van der Waals surface area contributed by atoms with Crippen LogP contribution in [-0.4, -0.2) is 11.6 Å². The molecule has 2 aromatic rings. The van der Waals surface area contributed by atoms with E-state index in [1.165, 1.54) is 0 Å². The molecule has 0 spiro atoms. The van der Waals surface area contributed by atoms with Crippen molar-refractivity contribution in [2.24, 2.45) is 0 Å². The highest BCUT2D eigenvalue weighted by molar-refractivity contribution is 9.10. The smallest absolute Gasteiger partial charge is 0.197 e. The molecule has 1 aliphatic rings. The van der Waals surface area contributed by atoms with Crippen LogP contribution >= 0.6 is 15.9 Å². The van der Waals surface area contributed by atoms with Crippen LogP contribution in [0, 0.1) is 0 Å². The topological polar surface area (TPSA) is 57.2 Å². The fourth-order valence-corrected chi connectivity index (χ4v) is 2.47. The summed E-state index contributed by atoms with van der Waals surface area (Å²) in [5.41, 5.74) is 0.669. The molecule has 98 valence electrons. The molecular formula is C16H8BrO3-. The second-order valence-electron chi connectivity index (χ2n) is 4.41. The van der Waals surface area contributed by atoms with Gasteiger partial charge in [-0.05, 0) is 17.7 Å². The highest BCUT2D eigenvalue weighted by atomic mass is 79.9. The van der Waals surface area contributed by atoms with Crippen molar-refractivity contribution >= 4 is 33.3 Å². The lowest BCUT2D eigenvalue weighted by Crippen LogP contribution is -2.13. The molecule has 0 heterocycles. The van der Waals surface area contributed by atoms with Crippen LogP contribution in [0.3, 0.4) is 0 Å². The molecule has 0 aromatic heterocycles. The molecule has 0 amide bonds. The quantitative estimate of drug-likeness (QED) is 0.459. The molecule has 20 heavy (non-hydrogen) atoms. The van der Waals surface area contributed by atoms with Gasteiger partial charge in [0.2, 0.25) is 0 Å². The Bertz CT molecular complexity index is 721. The van der Waals surface area contributed by atoms with E-state index in [0.717, 1.165) is 4.47 Å². The SMILES string of the molecule is O=C1C(=C([O-])c2ccc(Br)cc2)C(=O)c2ccccc21. The molecule has 0 radical (unpaired) electrons. The summed E-state index contributed by atoms with van der Waals surface area (Å²) in [5, 5.41) is 12.4. The number of carbonyl (C=O) groups excluding carboxylic acids is 2. The van der Waals surface area contributed by atoms with Gasteiger partial charge in [0.05, 0.1) is 5.57 Å². The number of hydrogen-bond donors (Lipinski definition) is 0. The maximum absolute atomic E-state index is 12.4. The molecule has 3 rings (SSSR count). The van der Waals surface area contributed by atoms with E-state index in [0.29, 0.717) is 16.7 Å². The Morgan fingerprint density at radius 2 is 1.35 bits per heavy atom. The first-order valence-electron chi connectivity index (χ1n) is 5.95. The molecule has 3 nitrogen and oxygen atoms in total. The first-order chi connectivity index (χ1) is 9.59. The van der Waals surface area contributed by atoms with Crippen LogP contribution in [0.5, 0.6) is 0 Å². The lowest BCUT2D eigenvalue weighted by molar-refractivity contribution is -0.244. The molecule has 0 saturated heterocycles. The average Bonchev–Trinajstić information content (AvgIpc) is 2.72. The van der Waals surface area contributed by atoms with Crippen molar-refractivity contribution in [2.75, 3.05) is 0 Å². The van der Waals surface area contributed by atoms with Gasteiger partial charge in [-0.3, -0.25) is 9.59 Å². The van der Waals surface area contributed by atoms with Crippen molar-refractivity contribution < 1.29 is 14.7 Å². The largest absolute Gasteiger partial charge is 0.871 e. The van der Waals surface area contributed by atoms with Crippen molar-refractivity contribution in [3.8, 4) is 0 Å². The monoisotopic (exact) mass is 327 g/mol. The van der Waals surface area contributed by atoms with Crippen LogP contribution < -0.4 is 5.11 Å². The summed E-state index contributed by atoms with van der Waals surface area (Å²) in [4.78, 5) is 24.4. The Labute approximate surface area is 123 Å². The second kappa shape index (κ2) is 4.72. The number of hydrogen-bond acceptors (Lipinski definition) is 3. The lowest BCUT2D eigenvalue weighted by Gasteiger charge is -2.14. The summed E-state index contributed by atoms with van der Waals surface area (Å²) >= 11 is 3.27. The van der Waals surface area contributed by atoms with Gasteiger partial charge in [-0.1, -0.05) is 58.1 Å². The van der Waals surface area contributed by atoms with E-state index in [2.05, 4.69) is 15.9 Å². The average molecular weight is 328 g/mol. The molecule has 4 heteroatoms. The maximum atomic E-state index is 12.4. The standard InChI is InChI=1S/C16H9BrO3/c17-10-7-5-9(6-8-10)14(18)13-15(19)11-3-1-2-4-12(11)16(13)20/h1-8,18H/p-1. The number of allylic oxidation sites excluding steroid dienone is 1. The van der Waals surface area contributed by atoms with E-state index in [-0.39, 0.29) is 5.57 Å². The molecule has 0 fully saturated rings. The highest BCUT2D eigenvalue weighted by Crippen LogP contribution is 2.30. The van der Waals surface area contributed by atoms with Gasteiger partial charge < -0.3 is 5.11 Å². The minimum atomic E-state index is -0.524. The first-order valence-corrected chi connectivity index (χ1v) is 6.74. The maximum Gasteiger partial charge on any atom is 0.197 e. The predicted molar refractivity (Wildman–Crippen MR) is 76.2 cm³/mol. The van der Waals surface area contributed by atoms with E-state index in [9.17, 15) is 14.7 Å². The zero-order chi connectivity index (χ0) is 14.3. The number of halogens is 1. The Morgan fingerprint density at radius 3 is 1.85 bits per heavy atom. The Kier molecular flexibility index (Phi) is 3.03. The molecular weight excluding hydrogens is 320 g/mol. The summed E-state index contributed by atoms with van der Waals surface area (Å²) in [6.07, 6.45) is 0. The highest BCUT2D eigenvalue weighted by Gasteiger charge is 2.33. The van der Waals surface area contributed by atoms with Crippen LogP contribution in [0.2, 0.25) is 0 Å². The van der Waals surface area contributed by atoms with Gasteiger partial charge in [-0.15, -0.1) is 0 Å². The van der Waals surface area contributed by atoms with Gasteiger partial charge in [-0.2, -0.15) is 0 Å². The molecule has 0 atom stereocenters. The van der Waals surface area contributed by atoms with Crippen LogP contribution in [0.4, 0.5) is 0 Å². The summed E-state index contributed by atoms with van der Waals surface area (Å²) in [5.74, 6) is -1.50. The van der Waals surface area contributed by atoms with E-state index >= 15 is 0 Å². The summed E-state index contributed by atoms with van der Waals surface area (Å²) < 4.78 is 0.825. The minimum Gasteiger partial charge on any atom is -0.871 e. The summed E-state index contributed by atoms with van der Waals surface area (Å²) in [7, 11) is 0. The van der Waals surface area contributed by atoms with E-state index in [1.54, 1.807) is 48.5 Å². The van der Waals surface area contributed by atoms with Crippen molar-refractivity contribution in [1.29, 1.82) is 0 Å². The minimum absolute atomic E-state index is 0.270. The predicted octanol–water partition coefficient (Wildman–Crippen LogP) is 2.60. The van der Waals surface area contributed by atoms with Crippen molar-refractivity contribution in [2.45, 2.75) is 0 Å². The van der Waals surface area contributed by atoms with Gasteiger partial charge in [0.15, 0.2) is 11.6 Å². The van der Waals surface area contributed by atoms with Crippen molar-refractivity contribution in [3.63, 3.8) is 0 Å². The third kappa shape index (κ3) is 1.89. The fourth-order valence-electron chi connectivity index (χ4n) is 2.20. The zero-order valence-corrected chi connectivity index (χ0v) is 11.8. The van der Waals surface area contributed by atoms with Gasteiger partial charge in [0.25, 0.3) is 0 Å². The normalized spacial score (nSPS) is 13.6. The van der Waals surface area contributed by atoms with Gasteiger partial charge in [0, 0.05) is 15.6 Å². The molecule has 0 bridgehead atoms. The van der Waals surface area contributed by atoms with E-state index < -0.39 is 17.3 Å². The first kappa shape index (κ1) is 12.8. The summed E-state index contributed by atoms with van der Waals surface area (Å²) in [6, 6.07) is 13.1. The Balaban J connectivity index is 2.16. The third-order valence-corrected chi connectivity index (χ3v) is 3.73. The van der Waals surface area contributed by atoms with Crippen LogP contribution in [-0.2, 0) is 0 Å². The van der Waals surface area contributed by atoms with Crippen LogP contribution in [0.1, 0.15) is 26.3 Å². The third-order valence-electron chi connectivity index (χ3n) is 3.20. The van der Waals surface area contributed by atoms with E-state index in [4.69, 9.17) is 0 Å². The molecule has 0 aliphatic heterocycles. The fraction of sp³-hybridized carbons (Fsp3) is 0. The van der Waals surface area contributed by atoms with Crippen LogP contribution in [0.25, 0.3) is 5.76 Å². The Hall–Kier alpha value is -2.20. The summed E-state index contributed by atoms with van der Waals surface area (Å²) in [6.45, 7) is 0. The van der Waals surface area contributed by atoms with Crippen LogP contribution in [0.15, 0.2) is 58.6 Å². The number of ketones is 2. The van der Waals surface area contributed by atoms with Gasteiger partial charge >= 0.3 is 0 Å². The van der Waals surface area contributed by atoms with Crippen molar-refractivity contribution in [3.05, 3.63) is 75.3 Å². The molecule has 0 saturated carbocycles. The zero-order valence-electron chi connectivity index (χ0n) is 10.2. The molecule has 2 aromatic carbocycles. The number of benzene rings is 2. The Morgan fingerprint density at radius 1 is 0.850 bits per heavy atom. The van der Waals surface area contributed by atoms with Gasteiger partial charge in [0.1, 0.15) is 0 Å². The van der Waals surface area contributed by atoms with Gasteiger partial charge in [-0.25, -0.2) is 0 Å². The number of fused-ring (bicyclic) bond motifs is 1. The number of rotatable bonds is 1. The second-order valence-corrected chi connectivity index (χ2v) is 5.33. The molecule has 0 unspecified atom stereocenters. The number of Topliss-reactive ketones (excluding diaryl/α,β-unsaturated/α-hetero) is 2. The van der Waals surface area contributed by atoms with Crippen molar-refractivity contribution in [1.82, 2.24) is 0 Å². The van der Waals surface area contributed by atoms with E-state index in [1.807, 2.05) is 0 Å².